The summed E-state index contributed by atoms with van der Waals surface area (Å²) in [5, 5.41) is 0. The molecular formula is C12H26O2Si. The van der Waals surface area contributed by atoms with E-state index in [0.29, 0.717) is 5.41 Å². The van der Waals surface area contributed by atoms with Gasteiger partial charge >= 0.3 is 0 Å². The highest BCUT2D eigenvalue weighted by molar-refractivity contribution is 6.50. The smallest absolute Gasteiger partial charge is 0.173 e. The van der Waals surface area contributed by atoms with Gasteiger partial charge in [0.25, 0.3) is 0 Å². The van der Waals surface area contributed by atoms with Crippen molar-refractivity contribution in [1.29, 1.82) is 0 Å². The van der Waals surface area contributed by atoms with Crippen LogP contribution in [0, 0.1) is 5.41 Å². The van der Waals surface area contributed by atoms with Gasteiger partial charge < -0.3 is 9.16 Å². The predicted octanol–water partition coefficient (Wildman–Crippen LogP) is 2.97. The normalized spacial score (nSPS) is 21.0. The van der Waals surface area contributed by atoms with Crippen LogP contribution in [0.15, 0.2) is 0 Å². The van der Waals surface area contributed by atoms with Crippen LogP contribution >= 0.6 is 0 Å². The maximum Gasteiger partial charge on any atom is 0.173 e. The second-order valence-corrected chi connectivity index (χ2v) is 7.45. The molecule has 2 nitrogen and oxygen atoms in total. The molecule has 1 heterocycles. The van der Waals surface area contributed by atoms with Gasteiger partial charge in [-0.3, -0.25) is 0 Å². The van der Waals surface area contributed by atoms with Gasteiger partial charge in [-0.25, -0.2) is 0 Å². The first kappa shape index (κ1) is 13.2. The van der Waals surface area contributed by atoms with Crippen molar-refractivity contribution in [2.24, 2.45) is 5.41 Å². The van der Waals surface area contributed by atoms with Gasteiger partial charge in [-0.2, -0.15) is 0 Å². The minimum absolute atomic E-state index is 0.541. The van der Waals surface area contributed by atoms with Crippen molar-refractivity contribution in [3.8, 4) is 0 Å². The monoisotopic (exact) mass is 230 g/mol. The first-order valence-corrected chi connectivity index (χ1v) is 8.86. The van der Waals surface area contributed by atoms with Crippen LogP contribution in [-0.2, 0) is 9.16 Å². The van der Waals surface area contributed by atoms with Crippen LogP contribution in [0.3, 0.4) is 0 Å². The molecule has 0 aromatic heterocycles. The zero-order chi connectivity index (χ0) is 11.1. The topological polar surface area (TPSA) is 18.5 Å². The molecule has 0 spiro atoms. The van der Waals surface area contributed by atoms with E-state index in [9.17, 15) is 0 Å². The van der Waals surface area contributed by atoms with Gasteiger partial charge in [0.1, 0.15) is 0 Å². The third kappa shape index (κ3) is 4.25. The summed E-state index contributed by atoms with van der Waals surface area (Å²) in [6, 6.07) is 1.34. The van der Waals surface area contributed by atoms with Crippen LogP contribution in [-0.4, -0.2) is 28.9 Å². The molecule has 1 atom stereocenters. The van der Waals surface area contributed by atoms with Gasteiger partial charge in [0.2, 0.25) is 0 Å². The second-order valence-electron chi connectivity index (χ2n) is 4.92. The minimum Gasteiger partial charge on any atom is -0.420 e. The maximum atomic E-state index is 5.80. The molecule has 0 amide bonds. The predicted molar refractivity (Wildman–Crippen MR) is 66.8 cm³/mol. The molecule has 3 heteroatoms. The Balaban J connectivity index is 2.04. The molecule has 90 valence electrons. The second kappa shape index (κ2) is 6.66. The summed E-state index contributed by atoms with van der Waals surface area (Å²) in [5.74, 6) is 0. The van der Waals surface area contributed by atoms with E-state index in [0.717, 1.165) is 26.2 Å². The molecule has 1 unspecified atom stereocenters. The Morgan fingerprint density at radius 3 is 2.53 bits per heavy atom. The Hall–Kier alpha value is 0.137. The average Bonchev–Trinajstić information content (AvgIpc) is 2.19. The Morgan fingerprint density at radius 1 is 1.33 bits per heavy atom. The Bertz CT molecular complexity index is 163. The number of hydrogen-bond acceptors (Lipinski definition) is 2. The number of rotatable bonds is 8. The van der Waals surface area contributed by atoms with Gasteiger partial charge in [0.05, 0.1) is 13.2 Å². The van der Waals surface area contributed by atoms with Crippen LogP contribution in [0.2, 0.25) is 12.6 Å². The van der Waals surface area contributed by atoms with E-state index in [1.165, 1.54) is 25.3 Å². The zero-order valence-electron chi connectivity index (χ0n) is 10.6. The molecule has 1 aliphatic rings. The first-order chi connectivity index (χ1) is 7.22. The van der Waals surface area contributed by atoms with Crippen molar-refractivity contribution in [2.45, 2.75) is 52.1 Å². The minimum atomic E-state index is -0.848. The highest BCUT2D eigenvalue weighted by atomic mass is 28.3. The summed E-state index contributed by atoms with van der Waals surface area (Å²) in [7, 11) is -0.848. The molecule has 0 aromatic carbocycles. The fourth-order valence-electron chi connectivity index (χ4n) is 2.08. The molecule has 15 heavy (non-hydrogen) atoms. The molecular weight excluding hydrogens is 204 g/mol. The van der Waals surface area contributed by atoms with Crippen molar-refractivity contribution in [2.75, 3.05) is 19.8 Å². The fraction of sp³-hybridized carbons (Fsp3) is 1.00. The summed E-state index contributed by atoms with van der Waals surface area (Å²) in [6.07, 6.45) is 5.12. The fourth-order valence-corrected chi connectivity index (χ4v) is 3.67. The summed E-state index contributed by atoms with van der Waals surface area (Å²) in [4.78, 5) is 0. The SMILES string of the molecule is CCCO[SiH](C)CCCC1(CC)COC1. The lowest BCUT2D eigenvalue weighted by Gasteiger charge is -2.41. The third-order valence-corrected chi connectivity index (χ3v) is 5.52. The average molecular weight is 230 g/mol. The third-order valence-electron chi connectivity index (χ3n) is 3.49. The van der Waals surface area contributed by atoms with Gasteiger partial charge in [-0.15, -0.1) is 0 Å². The quantitative estimate of drug-likeness (QED) is 0.597. The van der Waals surface area contributed by atoms with E-state index >= 15 is 0 Å². The standard InChI is InChI=1S/C12H26O2Si/c1-4-8-14-15(3)9-6-7-12(5-2)10-13-11-12/h15H,4-11H2,1-3H3. The van der Waals surface area contributed by atoms with Crippen LogP contribution < -0.4 is 0 Å². The Morgan fingerprint density at radius 2 is 2.07 bits per heavy atom. The van der Waals surface area contributed by atoms with E-state index < -0.39 is 9.04 Å². The van der Waals surface area contributed by atoms with Crippen molar-refractivity contribution in [1.82, 2.24) is 0 Å². The van der Waals surface area contributed by atoms with Crippen LogP contribution in [0.4, 0.5) is 0 Å². The summed E-state index contributed by atoms with van der Waals surface area (Å²) in [5.41, 5.74) is 0.541. The molecule has 0 aliphatic carbocycles. The largest absolute Gasteiger partial charge is 0.420 e. The highest BCUT2D eigenvalue weighted by Crippen LogP contribution is 2.36. The molecule has 1 fully saturated rings. The van der Waals surface area contributed by atoms with Crippen molar-refractivity contribution in [3.05, 3.63) is 0 Å². The molecule has 0 aromatic rings. The van der Waals surface area contributed by atoms with E-state index in [4.69, 9.17) is 9.16 Å². The molecule has 0 N–H and O–H groups in total. The van der Waals surface area contributed by atoms with Crippen molar-refractivity contribution < 1.29 is 9.16 Å². The molecule has 1 saturated heterocycles. The lowest BCUT2D eigenvalue weighted by atomic mass is 9.79. The summed E-state index contributed by atoms with van der Waals surface area (Å²) in [6.45, 7) is 9.75. The number of ether oxygens (including phenoxy) is 1. The molecule has 0 bridgehead atoms. The summed E-state index contributed by atoms with van der Waals surface area (Å²) < 4.78 is 11.1. The van der Waals surface area contributed by atoms with Gasteiger partial charge in [-0.1, -0.05) is 20.3 Å². The van der Waals surface area contributed by atoms with Crippen molar-refractivity contribution >= 4 is 9.04 Å². The lowest BCUT2D eigenvalue weighted by Crippen LogP contribution is -2.42. The maximum absolute atomic E-state index is 5.80. The van der Waals surface area contributed by atoms with E-state index in [-0.39, 0.29) is 0 Å². The Labute approximate surface area is 96.1 Å². The van der Waals surface area contributed by atoms with E-state index in [1.54, 1.807) is 0 Å². The first-order valence-electron chi connectivity index (χ1n) is 6.42. The van der Waals surface area contributed by atoms with Gasteiger partial charge in [-0.05, 0) is 31.9 Å². The van der Waals surface area contributed by atoms with Gasteiger partial charge in [0, 0.05) is 12.0 Å². The number of hydrogen-bond donors (Lipinski definition) is 0. The van der Waals surface area contributed by atoms with Gasteiger partial charge in [0.15, 0.2) is 9.04 Å². The molecule has 1 aliphatic heterocycles. The summed E-state index contributed by atoms with van der Waals surface area (Å²) >= 11 is 0. The van der Waals surface area contributed by atoms with E-state index in [1.807, 2.05) is 0 Å². The Kier molecular flexibility index (Phi) is 5.86. The lowest BCUT2D eigenvalue weighted by molar-refractivity contribution is -0.119. The highest BCUT2D eigenvalue weighted by Gasteiger charge is 2.35. The van der Waals surface area contributed by atoms with Crippen LogP contribution in [0.5, 0.6) is 0 Å². The zero-order valence-corrected chi connectivity index (χ0v) is 11.7. The van der Waals surface area contributed by atoms with Crippen molar-refractivity contribution in [3.63, 3.8) is 0 Å². The molecule has 0 saturated carbocycles. The molecule has 1 rings (SSSR count). The van der Waals surface area contributed by atoms with E-state index in [2.05, 4.69) is 20.4 Å². The molecule has 0 radical (unpaired) electrons. The van der Waals surface area contributed by atoms with Crippen LogP contribution in [0.1, 0.15) is 39.5 Å². The van der Waals surface area contributed by atoms with Crippen LogP contribution in [0.25, 0.3) is 0 Å².